The maximum Gasteiger partial charge on any atom is 0.167 e. The van der Waals surface area contributed by atoms with E-state index in [4.69, 9.17) is 4.74 Å². The van der Waals surface area contributed by atoms with Crippen molar-refractivity contribution in [1.29, 1.82) is 0 Å². The summed E-state index contributed by atoms with van der Waals surface area (Å²) in [5.41, 5.74) is 3.91. The van der Waals surface area contributed by atoms with Crippen molar-refractivity contribution in [3.63, 3.8) is 0 Å². The average molecular weight is 420 g/mol. The molecule has 0 radical (unpaired) electrons. The van der Waals surface area contributed by atoms with Gasteiger partial charge >= 0.3 is 0 Å². The highest BCUT2D eigenvalue weighted by Gasteiger charge is 2.27. The van der Waals surface area contributed by atoms with Gasteiger partial charge in [0.25, 0.3) is 0 Å². The number of rotatable bonds is 5. The van der Waals surface area contributed by atoms with Gasteiger partial charge in [0.05, 0.1) is 7.11 Å². The molecule has 0 saturated carbocycles. The number of likely N-dealkylation sites (tertiary alicyclic amines) is 1. The summed E-state index contributed by atoms with van der Waals surface area (Å²) in [6.45, 7) is 9.95. The van der Waals surface area contributed by atoms with Gasteiger partial charge in [-0.25, -0.2) is 0 Å². The van der Waals surface area contributed by atoms with Gasteiger partial charge in [0.15, 0.2) is 5.78 Å². The lowest BCUT2D eigenvalue weighted by Gasteiger charge is -2.32. The third kappa shape index (κ3) is 6.19. The SMILES string of the molecule is COc1c(C)cc(C(=O)[C@@H]2CCCN(Cc3ccc(C#CC(C)(C)O)cc3)C2)cc1C. The summed E-state index contributed by atoms with van der Waals surface area (Å²) in [5, 5.41) is 9.74. The molecule has 0 aliphatic carbocycles. The van der Waals surface area contributed by atoms with Crippen LogP contribution in [-0.2, 0) is 6.54 Å². The molecule has 31 heavy (non-hydrogen) atoms. The van der Waals surface area contributed by atoms with Crippen LogP contribution in [0, 0.1) is 31.6 Å². The molecule has 0 aromatic heterocycles. The second-order valence-corrected chi connectivity index (χ2v) is 9.09. The predicted octanol–water partition coefficient (Wildman–Crippen LogP) is 4.53. The van der Waals surface area contributed by atoms with Crippen molar-refractivity contribution in [2.75, 3.05) is 20.2 Å². The van der Waals surface area contributed by atoms with Crippen molar-refractivity contribution in [3.8, 4) is 17.6 Å². The maximum atomic E-state index is 13.2. The molecule has 1 fully saturated rings. The maximum absolute atomic E-state index is 13.2. The fourth-order valence-electron chi connectivity index (χ4n) is 4.24. The van der Waals surface area contributed by atoms with Crippen molar-refractivity contribution >= 4 is 5.78 Å². The van der Waals surface area contributed by atoms with Crippen LogP contribution < -0.4 is 4.74 Å². The molecule has 1 aliphatic heterocycles. The molecular formula is C27H33NO3. The first-order valence-corrected chi connectivity index (χ1v) is 10.9. The van der Waals surface area contributed by atoms with Gasteiger partial charge in [0, 0.05) is 30.1 Å². The monoisotopic (exact) mass is 419 g/mol. The molecule has 0 bridgehead atoms. The van der Waals surface area contributed by atoms with Gasteiger partial charge in [0.1, 0.15) is 11.4 Å². The zero-order valence-electron chi connectivity index (χ0n) is 19.3. The summed E-state index contributed by atoms with van der Waals surface area (Å²) in [5.74, 6) is 6.96. The summed E-state index contributed by atoms with van der Waals surface area (Å²) in [7, 11) is 1.67. The lowest BCUT2D eigenvalue weighted by atomic mass is 9.88. The molecule has 2 aromatic carbocycles. The lowest BCUT2D eigenvalue weighted by molar-refractivity contribution is 0.0811. The number of ether oxygens (including phenoxy) is 1. The minimum Gasteiger partial charge on any atom is -0.496 e. The number of methoxy groups -OCH3 is 1. The summed E-state index contributed by atoms with van der Waals surface area (Å²) < 4.78 is 5.44. The Morgan fingerprint density at radius 1 is 1.19 bits per heavy atom. The molecule has 4 nitrogen and oxygen atoms in total. The summed E-state index contributed by atoms with van der Waals surface area (Å²) in [4.78, 5) is 15.6. The van der Waals surface area contributed by atoms with E-state index in [0.29, 0.717) is 0 Å². The first kappa shape index (κ1) is 23.1. The molecule has 1 N–H and O–H groups in total. The summed E-state index contributed by atoms with van der Waals surface area (Å²) >= 11 is 0. The van der Waals surface area contributed by atoms with E-state index in [1.165, 1.54) is 5.56 Å². The number of carbonyl (C=O) groups is 1. The van der Waals surface area contributed by atoms with Crippen LogP contribution >= 0.6 is 0 Å². The molecule has 1 saturated heterocycles. The fourth-order valence-corrected chi connectivity index (χ4v) is 4.24. The van der Waals surface area contributed by atoms with Crippen LogP contribution in [0.3, 0.4) is 0 Å². The third-order valence-electron chi connectivity index (χ3n) is 5.70. The predicted molar refractivity (Wildman–Crippen MR) is 124 cm³/mol. The first-order valence-electron chi connectivity index (χ1n) is 10.9. The number of ketones is 1. The second-order valence-electron chi connectivity index (χ2n) is 9.09. The van der Waals surface area contributed by atoms with E-state index in [9.17, 15) is 9.90 Å². The van der Waals surface area contributed by atoms with Gasteiger partial charge in [0.2, 0.25) is 0 Å². The van der Waals surface area contributed by atoms with Crippen molar-refractivity contribution in [1.82, 2.24) is 4.90 Å². The molecule has 0 spiro atoms. The Balaban J connectivity index is 1.65. The van der Waals surface area contributed by atoms with Crippen LogP contribution in [0.4, 0.5) is 0 Å². The lowest BCUT2D eigenvalue weighted by Crippen LogP contribution is -2.38. The Labute approximate surface area is 186 Å². The van der Waals surface area contributed by atoms with E-state index in [-0.39, 0.29) is 11.7 Å². The highest BCUT2D eigenvalue weighted by atomic mass is 16.5. The van der Waals surface area contributed by atoms with Gasteiger partial charge < -0.3 is 9.84 Å². The van der Waals surface area contributed by atoms with Crippen molar-refractivity contribution in [2.24, 2.45) is 5.92 Å². The van der Waals surface area contributed by atoms with E-state index < -0.39 is 5.60 Å². The van der Waals surface area contributed by atoms with Gasteiger partial charge in [-0.05, 0) is 88.0 Å². The van der Waals surface area contributed by atoms with Crippen LogP contribution in [0.5, 0.6) is 5.75 Å². The Bertz CT molecular complexity index is 967. The van der Waals surface area contributed by atoms with Crippen LogP contribution in [0.1, 0.15) is 59.3 Å². The third-order valence-corrected chi connectivity index (χ3v) is 5.70. The van der Waals surface area contributed by atoms with Gasteiger partial charge in [-0.1, -0.05) is 24.0 Å². The van der Waals surface area contributed by atoms with Crippen molar-refractivity contribution in [3.05, 3.63) is 64.2 Å². The van der Waals surface area contributed by atoms with Gasteiger partial charge in [-0.3, -0.25) is 9.69 Å². The summed E-state index contributed by atoms with van der Waals surface area (Å²) in [6.07, 6.45) is 1.96. The Kier molecular flexibility index (Phi) is 7.20. The normalized spacial score (nSPS) is 17.0. The van der Waals surface area contributed by atoms with Crippen molar-refractivity contribution in [2.45, 2.75) is 52.7 Å². The molecule has 164 valence electrons. The molecular weight excluding hydrogens is 386 g/mol. The molecule has 0 amide bonds. The number of carbonyl (C=O) groups excluding carboxylic acids is 1. The molecule has 1 heterocycles. The van der Waals surface area contributed by atoms with E-state index in [0.717, 1.165) is 60.5 Å². The van der Waals surface area contributed by atoms with E-state index >= 15 is 0 Å². The standard InChI is InChI=1S/C27H33NO3/c1-19-15-24(16-20(2)26(19)31-5)25(29)23-7-6-14-28(18-23)17-22-10-8-21(9-11-22)12-13-27(3,4)30/h8-11,15-16,23,30H,6-7,14,17-18H2,1-5H3/t23-/m1/s1. The van der Waals surface area contributed by atoms with Crippen molar-refractivity contribution < 1.29 is 14.6 Å². The minimum atomic E-state index is -0.991. The van der Waals surface area contributed by atoms with Gasteiger partial charge in [-0.15, -0.1) is 0 Å². The Morgan fingerprint density at radius 3 is 2.42 bits per heavy atom. The van der Waals surface area contributed by atoms with Crippen LogP contribution in [0.15, 0.2) is 36.4 Å². The number of Topliss-reactive ketones (excluding diaryl/α,β-unsaturated/α-hetero) is 1. The zero-order valence-corrected chi connectivity index (χ0v) is 19.3. The molecule has 1 aliphatic rings. The molecule has 1 atom stereocenters. The van der Waals surface area contributed by atoms with E-state index in [2.05, 4.69) is 28.9 Å². The average Bonchev–Trinajstić information content (AvgIpc) is 2.72. The first-order chi connectivity index (χ1) is 14.7. The van der Waals surface area contributed by atoms with Crippen LogP contribution in [0.2, 0.25) is 0 Å². The fraction of sp³-hybridized carbons (Fsp3) is 0.444. The number of hydrogen-bond donors (Lipinski definition) is 1. The van der Waals surface area contributed by atoms with Crippen LogP contribution in [0.25, 0.3) is 0 Å². The van der Waals surface area contributed by atoms with Gasteiger partial charge in [-0.2, -0.15) is 0 Å². The quantitative estimate of drug-likeness (QED) is 0.571. The number of aliphatic hydroxyl groups is 1. The number of piperidine rings is 1. The van der Waals surface area contributed by atoms with E-state index in [1.54, 1.807) is 21.0 Å². The summed E-state index contributed by atoms with van der Waals surface area (Å²) in [6, 6.07) is 12.1. The number of benzene rings is 2. The molecule has 0 unspecified atom stereocenters. The number of aryl methyl sites for hydroxylation is 2. The number of nitrogens with zero attached hydrogens (tertiary/aromatic N) is 1. The molecule has 2 aromatic rings. The minimum absolute atomic E-state index is 0.0258. The highest BCUT2D eigenvalue weighted by Crippen LogP contribution is 2.28. The smallest absolute Gasteiger partial charge is 0.167 e. The number of hydrogen-bond acceptors (Lipinski definition) is 4. The second kappa shape index (κ2) is 9.68. The molecule has 4 heteroatoms. The Hall–Kier alpha value is -2.61. The Morgan fingerprint density at radius 2 is 1.84 bits per heavy atom. The topological polar surface area (TPSA) is 49.8 Å². The molecule has 3 rings (SSSR count). The highest BCUT2D eigenvalue weighted by molar-refractivity contribution is 5.98. The zero-order chi connectivity index (χ0) is 22.6. The van der Waals surface area contributed by atoms with E-state index in [1.807, 2.05) is 38.1 Å². The van der Waals surface area contributed by atoms with Crippen LogP contribution in [-0.4, -0.2) is 41.6 Å². The largest absolute Gasteiger partial charge is 0.496 e.